The van der Waals surface area contributed by atoms with Gasteiger partial charge in [0.25, 0.3) is 0 Å². The first-order valence-electron chi connectivity index (χ1n) is 8.02. The Morgan fingerprint density at radius 3 is 2.70 bits per heavy atom. The molecule has 1 amide bonds. The van der Waals surface area contributed by atoms with Crippen LogP contribution in [0.2, 0.25) is 0 Å². The van der Waals surface area contributed by atoms with E-state index >= 15 is 0 Å². The maximum atomic E-state index is 12.5. The third-order valence-electron chi connectivity index (χ3n) is 4.59. The highest BCUT2D eigenvalue weighted by Gasteiger charge is 2.45. The zero-order valence-electron chi connectivity index (χ0n) is 13.2. The molecule has 2 atom stereocenters. The van der Waals surface area contributed by atoms with Gasteiger partial charge in [0.15, 0.2) is 0 Å². The van der Waals surface area contributed by atoms with Crippen molar-refractivity contribution in [2.24, 2.45) is 5.92 Å². The molecular weight excluding hydrogens is 290 g/mol. The van der Waals surface area contributed by atoms with E-state index < -0.39 is 5.97 Å². The van der Waals surface area contributed by atoms with E-state index in [2.05, 4.69) is 24.3 Å². The van der Waals surface area contributed by atoms with E-state index in [0.717, 1.165) is 6.42 Å². The number of aliphatic carboxylic acids is 1. The van der Waals surface area contributed by atoms with Crippen LogP contribution in [0.4, 0.5) is 0 Å². The number of carboxylic acid groups (broad SMARTS) is 1. The van der Waals surface area contributed by atoms with Crippen LogP contribution in [-0.4, -0.2) is 35.5 Å². The quantitative estimate of drug-likeness (QED) is 0.891. The van der Waals surface area contributed by atoms with E-state index in [0.29, 0.717) is 13.0 Å². The Balaban J connectivity index is 1.66. The summed E-state index contributed by atoms with van der Waals surface area (Å²) in [5.41, 5.74) is 1.25. The van der Waals surface area contributed by atoms with Crippen molar-refractivity contribution in [3.63, 3.8) is 0 Å². The lowest BCUT2D eigenvalue weighted by molar-refractivity contribution is -0.138. The highest BCUT2D eigenvalue weighted by Crippen LogP contribution is 2.50. The van der Waals surface area contributed by atoms with E-state index in [1.54, 1.807) is 11.9 Å². The minimum atomic E-state index is -0.814. The summed E-state index contributed by atoms with van der Waals surface area (Å²) in [5, 5.41) is 11.1. The molecule has 0 spiro atoms. The molecule has 0 aliphatic heterocycles. The third kappa shape index (κ3) is 3.36. The summed E-state index contributed by atoms with van der Waals surface area (Å²) in [5.74, 6) is -0.356. The third-order valence-corrected chi connectivity index (χ3v) is 4.59. The highest BCUT2D eigenvalue weighted by molar-refractivity contribution is 5.89. The molecule has 4 heteroatoms. The average Bonchev–Trinajstić information content (AvgIpc) is 3.33. The van der Waals surface area contributed by atoms with Crippen LogP contribution in [0.3, 0.4) is 0 Å². The summed E-state index contributed by atoms with van der Waals surface area (Å²) < 4.78 is 0. The van der Waals surface area contributed by atoms with Gasteiger partial charge in [-0.1, -0.05) is 42.5 Å². The molecule has 1 N–H and O–H groups in total. The number of carboxylic acids is 1. The maximum absolute atomic E-state index is 12.5. The van der Waals surface area contributed by atoms with Gasteiger partial charge < -0.3 is 10.0 Å². The molecule has 1 aliphatic carbocycles. The minimum absolute atomic E-state index is 0.0376. The summed E-state index contributed by atoms with van der Waals surface area (Å²) in [4.78, 5) is 24.7. The molecule has 0 saturated heterocycles. The van der Waals surface area contributed by atoms with Crippen molar-refractivity contribution in [2.45, 2.75) is 25.2 Å². The smallest absolute Gasteiger partial charge is 0.303 e. The van der Waals surface area contributed by atoms with Gasteiger partial charge in [-0.25, -0.2) is 0 Å². The molecule has 120 valence electrons. The number of hydrogen-bond donors (Lipinski definition) is 1. The Morgan fingerprint density at radius 2 is 1.91 bits per heavy atom. The fourth-order valence-electron chi connectivity index (χ4n) is 3.25. The summed E-state index contributed by atoms with van der Waals surface area (Å²) >= 11 is 0. The molecule has 4 nitrogen and oxygen atoms in total. The Morgan fingerprint density at radius 1 is 1.17 bits per heavy atom. The summed E-state index contributed by atoms with van der Waals surface area (Å²) in [6, 6.07) is 14.5. The Labute approximate surface area is 135 Å². The van der Waals surface area contributed by atoms with Crippen molar-refractivity contribution in [1.29, 1.82) is 0 Å². The number of fused-ring (bicyclic) bond motifs is 1. The van der Waals surface area contributed by atoms with Crippen LogP contribution in [0, 0.1) is 5.92 Å². The van der Waals surface area contributed by atoms with Gasteiger partial charge >= 0.3 is 5.97 Å². The molecule has 1 aliphatic rings. The highest BCUT2D eigenvalue weighted by atomic mass is 16.4. The SMILES string of the molecule is CN(CCCC(=O)O)C(=O)C1CC1c1cccc2ccccc12. The second kappa shape index (κ2) is 6.41. The van der Waals surface area contributed by atoms with Gasteiger partial charge in [-0.3, -0.25) is 9.59 Å². The number of carbonyl (C=O) groups is 2. The Kier molecular flexibility index (Phi) is 4.33. The van der Waals surface area contributed by atoms with Crippen LogP contribution in [0.15, 0.2) is 42.5 Å². The number of carbonyl (C=O) groups excluding carboxylic acids is 1. The van der Waals surface area contributed by atoms with E-state index in [9.17, 15) is 9.59 Å². The maximum Gasteiger partial charge on any atom is 0.303 e. The van der Waals surface area contributed by atoms with Crippen molar-refractivity contribution in [2.75, 3.05) is 13.6 Å². The first-order chi connectivity index (χ1) is 11.1. The lowest BCUT2D eigenvalue weighted by atomic mass is 10.00. The fraction of sp³-hybridized carbons (Fsp3) is 0.368. The monoisotopic (exact) mass is 311 g/mol. The van der Waals surface area contributed by atoms with Gasteiger partial charge in [0.1, 0.15) is 0 Å². The molecule has 0 heterocycles. The molecular formula is C19H21NO3. The number of benzene rings is 2. The van der Waals surface area contributed by atoms with E-state index in [1.165, 1.54) is 16.3 Å². The number of amides is 1. The van der Waals surface area contributed by atoms with E-state index in [-0.39, 0.29) is 24.2 Å². The zero-order valence-corrected chi connectivity index (χ0v) is 13.2. The fourth-order valence-corrected chi connectivity index (χ4v) is 3.25. The zero-order chi connectivity index (χ0) is 16.4. The predicted molar refractivity (Wildman–Crippen MR) is 89.3 cm³/mol. The summed E-state index contributed by atoms with van der Waals surface area (Å²) in [6.45, 7) is 0.504. The normalized spacial score (nSPS) is 19.5. The number of nitrogens with zero attached hydrogens (tertiary/aromatic N) is 1. The van der Waals surface area contributed by atoms with Crippen molar-refractivity contribution in [3.8, 4) is 0 Å². The van der Waals surface area contributed by atoms with Gasteiger partial charge in [-0.15, -0.1) is 0 Å². The van der Waals surface area contributed by atoms with Crippen LogP contribution >= 0.6 is 0 Å². The van der Waals surface area contributed by atoms with Gasteiger partial charge in [0.05, 0.1) is 0 Å². The minimum Gasteiger partial charge on any atom is -0.481 e. The summed E-state index contributed by atoms with van der Waals surface area (Å²) in [7, 11) is 1.77. The molecule has 2 aromatic carbocycles. The molecule has 23 heavy (non-hydrogen) atoms. The molecule has 0 radical (unpaired) electrons. The van der Waals surface area contributed by atoms with Gasteiger partial charge in [0, 0.05) is 25.9 Å². The second-order valence-electron chi connectivity index (χ2n) is 6.27. The molecule has 1 saturated carbocycles. The van der Waals surface area contributed by atoms with Crippen LogP contribution in [-0.2, 0) is 9.59 Å². The van der Waals surface area contributed by atoms with Crippen LogP contribution in [0.5, 0.6) is 0 Å². The lowest BCUT2D eigenvalue weighted by Crippen LogP contribution is -2.29. The number of hydrogen-bond acceptors (Lipinski definition) is 2. The molecule has 0 bridgehead atoms. The standard InChI is InChI=1S/C19H21NO3/c1-20(11-5-10-18(21)22)19(23)17-12-16(17)15-9-4-7-13-6-2-3-8-14(13)15/h2-4,6-9,16-17H,5,10-12H2,1H3,(H,21,22). The van der Waals surface area contributed by atoms with Crippen LogP contribution in [0.25, 0.3) is 10.8 Å². The first-order valence-corrected chi connectivity index (χ1v) is 8.02. The molecule has 1 fully saturated rings. The topological polar surface area (TPSA) is 57.6 Å². The molecule has 0 aromatic heterocycles. The van der Waals surface area contributed by atoms with Crippen LogP contribution in [0.1, 0.15) is 30.7 Å². The largest absolute Gasteiger partial charge is 0.481 e. The average molecular weight is 311 g/mol. The van der Waals surface area contributed by atoms with Crippen molar-refractivity contribution in [3.05, 3.63) is 48.0 Å². The lowest BCUT2D eigenvalue weighted by Gasteiger charge is -2.17. The van der Waals surface area contributed by atoms with Crippen molar-refractivity contribution < 1.29 is 14.7 Å². The molecule has 2 aromatic rings. The van der Waals surface area contributed by atoms with Crippen LogP contribution < -0.4 is 0 Å². The first kappa shape index (κ1) is 15.5. The molecule has 2 unspecified atom stereocenters. The molecule has 3 rings (SSSR count). The van der Waals surface area contributed by atoms with Crippen molar-refractivity contribution in [1.82, 2.24) is 4.90 Å². The van der Waals surface area contributed by atoms with Gasteiger partial charge in [-0.05, 0) is 35.1 Å². The van der Waals surface area contributed by atoms with Gasteiger partial charge in [0.2, 0.25) is 5.91 Å². The van der Waals surface area contributed by atoms with Crippen molar-refractivity contribution >= 4 is 22.6 Å². The van der Waals surface area contributed by atoms with E-state index in [1.807, 2.05) is 18.2 Å². The number of rotatable bonds is 6. The Hall–Kier alpha value is -2.36. The predicted octanol–water partition coefficient (Wildman–Crippen LogP) is 3.27. The Bertz CT molecular complexity index is 735. The van der Waals surface area contributed by atoms with Gasteiger partial charge in [-0.2, -0.15) is 0 Å². The second-order valence-corrected chi connectivity index (χ2v) is 6.27. The van der Waals surface area contributed by atoms with E-state index in [4.69, 9.17) is 5.11 Å². The summed E-state index contributed by atoms with van der Waals surface area (Å²) in [6.07, 6.45) is 1.49.